The van der Waals surface area contributed by atoms with Crippen LogP contribution in [0.5, 0.6) is 0 Å². The van der Waals surface area contributed by atoms with Gasteiger partial charge in [0, 0.05) is 0 Å². The molecule has 3 heteroatoms. The van der Waals surface area contributed by atoms with E-state index in [2.05, 4.69) is 107 Å². The number of hydrogen-bond donors (Lipinski definition) is 0. The van der Waals surface area contributed by atoms with Crippen LogP contribution in [0.3, 0.4) is 0 Å². The molecule has 2 unspecified atom stereocenters. The fraction of sp³-hybridized carbons (Fsp3) is 0.529. The molecular formula is C34H44Cl2Si. The predicted octanol–water partition coefficient (Wildman–Crippen LogP) is 11.0. The Morgan fingerprint density at radius 2 is 0.865 bits per heavy atom. The van der Waals surface area contributed by atoms with Crippen LogP contribution in [-0.4, -0.2) is 9.52 Å². The molecular weight excluding hydrogens is 507 g/mol. The van der Waals surface area contributed by atoms with E-state index in [1.54, 1.807) is 0 Å². The minimum absolute atomic E-state index is 0.287. The Morgan fingerprint density at radius 3 is 1.14 bits per heavy atom. The first-order valence-electron chi connectivity index (χ1n) is 14.0. The van der Waals surface area contributed by atoms with Crippen molar-refractivity contribution < 1.29 is 0 Å². The predicted molar refractivity (Wildman–Crippen MR) is 167 cm³/mol. The molecule has 2 aliphatic rings. The number of benzene rings is 2. The Balaban J connectivity index is 1.99. The molecule has 0 amide bonds. The third-order valence-electron chi connectivity index (χ3n) is 8.95. The highest BCUT2D eigenvalue weighted by Crippen LogP contribution is 2.58. The zero-order chi connectivity index (χ0) is 27.8. The molecule has 0 nitrogen and oxygen atoms in total. The van der Waals surface area contributed by atoms with Gasteiger partial charge in [0.1, 0.15) is 9.52 Å². The molecule has 4 rings (SSSR count). The first kappa shape index (κ1) is 28.7. The Morgan fingerprint density at radius 1 is 0.541 bits per heavy atom. The van der Waals surface area contributed by atoms with Gasteiger partial charge < -0.3 is 0 Å². The third-order valence-corrected chi connectivity index (χ3v) is 12.5. The van der Waals surface area contributed by atoms with E-state index in [0.717, 1.165) is 0 Å². The molecule has 0 N–H and O–H groups in total. The van der Waals surface area contributed by atoms with Gasteiger partial charge in [-0.25, -0.2) is 0 Å². The summed E-state index contributed by atoms with van der Waals surface area (Å²) < 4.78 is -1.24. The van der Waals surface area contributed by atoms with Crippen LogP contribution in [0, 0.1) is 0 Å². The molecule has 2 aromatic carbocycles. The largest absolute Gasteiger partial charge is 0.118 e. The summed E-state index contributed by atoms with van der Waals surface area (Å²) in [7, 11) is 0.287. The van der Waals surface area contributed by atoms with Gasteiger partial charge in [-0.15, -0.1) is 23.2 Å². The minimum Gasteiger partial charge on any atom is -0.114 e. The lowest BCUT2D eigenvalue weighted by Gasteiger charge is -2.36. The molecule has 0 spiro atoms. The topological polar surface area (TPSA) is 0 Å². The Bertz CT molecular complexity index is 1220. The summed E-state index contributed by atoms with van der Waals surface area (Å²) in [5.74, 6) is 1.75. The standard InChI is InChI=1S/C34H44Cl2Si/c1-17(2)25-13-27(19(5)6)31-21(9)23(11)33(35,29(31)15-25)37-34(36)24(12)22(10)32-28(20(7)8)14-26(18(3)4)16-30(32)34/h13-20H,1-12H3. The van der Waals surface area contributed by atoms with Gasteiger partial charge in [0.05, 0.1) is 8.99 Å². The molecule has 0 saturated carbocycles. The Kier molecular flexibility index (Phi) is 7.55. The van der Waals surface area contributed by atoms with Crippen molar-refractivity contribution in [1.29, 1.82) is 0 Å². The molecule has 0 aliphatic heterocycles. The normalized spacial score (nSPS) is 23.4. The van der Waals surface area contributed by atoms with Crippen LogP contribution in [0.1, 0.15) is 151 Å². The van der Waals surface area contributed by atoms with E-state index >= 15 is 0 Å². The molecule has 0 fully saturated rings. The van der Waals surface area contributed by atoms with Crippen LogP contribution < -0.4 is 0 Å². The van der Waals surface area contributed by atoms with E-state index in [0.29, 0.717) is 23.7 Å². The minimum atomic E-state index is -0.620. The van der Waals surface area contributed by atoms with Crippen LogP contribution in [0.2, 0.25) is 0 Å². The Hall–Kier alpha value is -1.28. The SMILES string of the molecule is CC1=C(C)C(Cl)([Si]C2(Cl)C(C)=C(C)c3c(C(C)C)cc(C(C)C)cc32)c2cc(C(C)C)cc(C(C)C)c21. The van der Waals surface area contributed by atoms with Gasteiger partial charge in [-0.3, -0.25) is 0 Å². The summed E-state index contributed by atoms with van der Waals surface area (Å²) in [5.41, 5.74) is 16.0. The van der Waals surface area contributed by atoms with Crippen LogP contribution in [0.25, 0.3) is 11.1 Å². The van der Waals surface area contributed by atoms with Crippen molar-refractivity contribution in [2.75, 3.05) is 0 Å². The molecule has 2 atom stereocenters. The summed E-state index contributed by atoms with van der Waals surface area (Å²) in [6.07, 6.45) is 0. The number of allylic oxidation sites excluding steroid dienone is 4. The van der Waals surface area contributed by atoms with Gasteiger partial charge in [0.2, 0.25) is 0 Å². The zero-order valence-electron chi connectivity index (χ0n) is 24.9. The van der Waals surface area contributed by atoms with Crippen LogP contribution >= 0.6 is 23.2 Å². The quantitative estimate of drug-likeness (QED) is 0.247. The maximum Gasteiger partial charge on any atom is 0.118 e. The van der Waals surface area contributed by atoms with Crippen molar-refractivity contribution in [1.82, 2.24) is 0 Å². The number of hydrogen-bond acceptors (Lipinski definition) is 0. The van der Waals surface area contributed by atoms with Crippen molar-refractivity contribution in [3.63, 3.8) is 0 Å². The molecule has 2 aromatic rings. The van der Waals surface area contributed by atoms with Crippen LogP contribution in [0.4, 0.5) is 0 Å². The highest BCUT2D eigenvalue weighted by Gasteiger charge is 2.52. The second-order valence-corrected chi connectivity index (χ2v) is 16.1. The fourth-order valence-corrected chi connectivity index (χ4v) is 9.65. The lowest BCUT2D eigenvalue weighted by Crippen LogP contribution is -2.40. The van der Waals surface area contributed by atoms with Gasteiger partial charge in [0.25, 0.3) is 0 Å². The van der Waals surface area contributed by atoms with Crippen molar-refractivity contribution in [2.24, 2.45) is 0 Å². The number of rotatable bonds is 6. The number of fused-ring (bicyclic) bond motifs is 2. The molecule has 0 bridgehead atoms. The van der Waals surface area contributed by atoms with Crippen molar-refractivity contribution in [3.05, 3.63) is 79.9 Å². The van der Waals surface area contributed by atoms with E-state index in [-0.39, 0.29) is 9.52 Å². The first-order chi connectivity index (χ1) is 17.1. The average molecular weight is 552 g/mol. The second-order valence-electron chi connectivity index (χ2n) is 12.6. The lowest BCUT2D eigenvalue weighted by molar-refractivity contribution is 0.817. The molecule has 0 aromatic heterocycles. The van der Waals surface area contributed by atoms with E-state index in [1.807, 2.05) is 0 Å². The highest BCUT2D eigenvalue weighted by atomic mass is 35.5. The molecule has 198 valence electrons. The summed E-state index contributed by atoms with van der Waals surface area (Å²) >= 11 is 15.8. The van der Waals surface area contributed by atoms with Gasteiger partial charge in [-0.2, -0.15) is 0 Å². The molecule has 2 aliphatic carbocycles. The molecule has 37 heavy (non-hydrogen) atoms. The zero-order valence-corrected chi connectivity index (χ0v) is 27.4. The van der Waals surface area contributed by atoms with Gasteiger partial charge in [-0.05, 0) is 118 Å². The molecule has 2 radical (unpaired) electrons. The molecule has 0 heterocycles. The summed E-state index contributed by atoms with van der Waals surface area (Å²) in [5, 5.41) is 0. The van der Waals surface area contributed by atoms with E-state index in [4.69, 9.17) is 23.2 Å². The van der Waals surface area contributed by atoms with Gasteiger partial charge >= 0.3 is 0 Å². The number of halogens is 2. The van der Waals surface area contributed by atoms with Gasteiger partial charge in [-0.1, -0.05) is 79.7 Å². The van der Waals surface area contributed by atoms with Crippen LogP contribution in [0.15, 0.2) is 35.4 Å². The average Bonchev–Trinajstić information content (AvgIpc) is 3.13. The summed E-state index contributed by atoms with van der Waals surface area (Å²) in [4.78, 5) is 0. The fourth-order valence-electron chi connectivity index (χ4n) is 6.19. The van der Waals surface area contributed by atoms with E-state index in [1.165, 1.54) is 66.8 Å². The summed E-state index contributed by atoms with van der Waals surface area (Å²) in [6, 6.07) is 9.60. The second kappa shape index (κ2) is 9.72. The Labute approximate surface area is 238 Å². The van der Waals surface area contributed by atoms with Crippen molar-refractivity contribution >= 4 is 43.9 Å². The third kappa shape index (κ3) is 4.32. The maximum atomic E-state index is 7.90. The monoisotopic (exact) mass is 550 g/mol. The molecule has 0 saturated heterocycles. The van der Waals surface area contributed by atoms with Gasteiger partial charge in [0.15, 0.2) is 0 Å². The lowest BCUT2D eigenvalue weighted by atomic mass is 9.87. The van der Waals surface area contributed by atoms with Crippen molar-refractivity contribution in [2.45, 2.75) is 116 Å². The van der Waals surface area contributed by atoms with Crippen LogP contribution in [-0.2, 0) is 8.99 Å². The number of alkyl halides is 2. The van der Waals surface area contributed by atoms with Crippen molar-refractivity contribution in [3.8, 4) is 0 Å². The summed E-state index contributed by atoms with van der Waals surface area (Å²) in [6.45, 7) is 27.3. The maximum absolute atomic E-state index is 7.90. The van der Waals surface area contributed by atoms with E-state index in [9.17, 15) is 0 Å². The smallest absolute Gasteiger partial charge is 0.114 e. The highest BCUT2D eigenvalue weighted by molar-refractivity contribution is 6.70. The van der Waals surface area contributed by atoms with E-state index < -0.39 is 8.99 Å². The first-order valence-corrected chi connectivity index (χ1v) is 15.7.